The molecule has 4 aromatic rings. The summed E-state index contributed by atoms with van der Waals surface area (Å²) in [6, 6.07) is 12.7. The molecule has 0 unspecified atom stereocenters. The topological polar surface area (TPSA) is 103 Å². The van der Waals surface area contributed by atoms with Gasteiger partial charge in [-0.05, 0) is 61.0 Å². The standard InChI is InChI=1S/C28H28F3N3O4S2/c1-4-15-38-19-11-7-17(8-12-19)22-16-21(28(29,30)31)23-24(32)26(39-27(23)33-22)25(35)18-9-13-20(14-10-18)40(36,37)34(5-2)6-3/h7-14,16H,4-6,15,32H2,1-3H3. The van der Waals surface area contributed by atoms with E-state index < -0.39 is 27.5 Å². The third kappa shape index (κ3) is 5.70. The van der Waals surface area contributed by atoms with Gasteiger partial charge in [0.05, 0.1) is 28.4 Å². The van der Waals surface area contributed by atoms with E-state index in [0.29, 0.717) is 17.9 Å². The van der Waals surface area contributed by atoms with Gasteiger partial charge in [0.25, 0.3) is 0 Å². The van der Waals surface area contributed by atoms with Crippen molar-refractivity contribution in [2.45, 2.75) is 38.3 Å². The number of carbonyl (C=O) groups excluding carboxylic acids is 1. The molecule has 0 aliphatic heterocycles. The fourth-order valence-electron chi connectivity index (χ4n) is 4.22. The molecule has 212 valence electrons. The summed E-state index contributed by atoms with van der Waals surface area (Å²) in [5, 5.41) is -0.340. The predicted molar refractivity (Wildman–Crippen MR) is 150 cm³/mol. The first-order valence-corrected chi connectivity index (χ1v) is 14.9. The lowest BCUT2D eigenvalue weighted by atomic mass is 10.0. The molecule has 2 aromatic carbocycles. The molecule has 0 aliphatic carbocycles. The molecule has 4 rings (SSSR count). The van der Waals surface area contributed by atoms with Gasteiger partial charge < -0.3 is 10.5 Å². The van der Waals surface area contributed by atoms with Gasteiger partial charge in [-0.25, -0.2) is 13.4 Å². The highest BCUT2D eigenvalue weighted by molar-refractivity contribution is 7.89. The van der Waals surface area contributed by atoms with Crippen LogP contribution in [0, 0.1) is 0 Å². The maximum Gasteiger partial charge on any atom is 0.417 e. The number of benzene rings is 2. The van der Waals surface area contributed by atoms with E-state index in [4.69, 9.17) is 10.5 Å². The summed E-state index contributed by atoms with van der Waals surface area (Å²) in [6.07, 6.45) is -3.94. The molecule has 7 nitrogen and oxygen atoms in total. The molecule has 12 heteroatoms. The summed E-state index contributed by atoms with van der Waals surface area (Å²) in [7, 11) is -3.74. The number of fused-ring (bicyclic) bond motifs is 1. The Hall–Kier alpha value is -3.48. The predicted octanol–water partition coefficient (Wildman–Crippen LogP) is 6.61. The average Bonchev–Trinajstić information content (AvgIpc) is 3.27. The Balaban J connectivity index is 1.75. The minimum atomic E-state index is -4.75. The van der Waals surface area contributed by atoms with Crippen LogP contribution in [0.4, 0.5) is 18.9 Å². The zero-order valence-corrected chi connectivity index (χ0v) is 23.7. The Morgan fingerprint density at radius 3 is 2.20 bits per heavy atom. The van der Waals surface area contributed by atoms with Crippen molar-refractivity contribution >= 4 is 43.0 Å². The zero-order chi connectivity index (χ0) is 29.2. The second-order valence-electron chi connectivity index (χ2n) is 8.89. The second-order valence-corrected chi connectivity index (χ2v) is 11.8. The number of ether oxygens (including phenoxy) is 1. The first-order valence-electron chi connectivity index (χ1n) is 12.6. The molecule has 0 amide bonds. The van der Waals surface area contributed by atoms with E-state index in [1.807, 2.05) is 6.92 Å². The Labute approximate surface area is 234 Å². The Morgan fingerprint density at radius 2 is 1.65 bits per heavy atom. The number of ketones is 1. The third-order valence-electron chi connectivity index (χ3n) is 6.29. The van der Waals surface area contributed by atoms with Crippen LogP contribution in [0.25, 0.3) is 21.5 Å². The van der Waals surface area contributed by atoms with E-state index >= 15 is 0 Å². The number of aromatic nitrogens is 1. The molecular weight excluding hydrogens is 563 g/mol. The normalized spacial score (nSPS) is 12.3. The van der Waals surface area contributed by atoms with Crippen LogP contribution in [0.5, 0.6) is 5.75 Å². The Bertz CT molecular complexity index is 1630. The lowest BCUT2D eigenvalue weighted by molar-refractivity contribution is -0.136. The van der Waals surface area contributed by atoms with Crippen molar-refractivity contribution in [3.05, 3.63) is 70.6 Å². The van der Waals surface area contributed by atoms with Crippen LogP contribution in [0.1, 0.15) is 48.0 Å². The molecule has 0 fully saturated rings. The van der Waals surface area contributed by atoms with Crippen LogP contribution < -0.4 is 10.5 Å². The number of nitrogens with zero attached hydrogens (tertiary/aromatic N) is 2. The summed E-state index contributed by atoms with van der Waals surface area (Å²) in [5.41, 5.74) is 5.44. The number of rotatable bonds is 10. The monoisotopic (exact) mass is 591 g/mol. The molecule has 2 N–H and O–H groups in total. The molecule has 0 spiro atoms. The number of hydrogen-bond donors (Lipinski definition) is 1. The average molecular weight is 592 g/mol. The first kappa shape index (κ1) is 29.5. The van der Waals surface area contributed by atoms with Crippen LogP contribution in [-0.4, -0.2) is 43.2 Å². The number of nitrogens with two attached hydrogens (primary N) is 1. The van der Waals surface area contributed by atoms with Gasteiger partial charge in [0.2, 0.25) is 15.8 Å². The van der Waals surface area contributed by atoms with Crippen LogP contribution in [-0.2, 0) is 16.2 Å². The van der Waals surface area contributed by atoms with E-state index in [2.05, 4.69) is 4.98 Å². The smallest absolute Gasteiger partial charge is 0.417 e. The van der Waals surface area contributed by atoms with Crippen molar-refractivity contribution < 1.29 is 31.1 Å². The van der Waals surface area contributed by atoms with Gasteiger partial charge in [0, 0.05) is 29.6 Å². The van der Waals surface area contributed by atoms with E-state index in [1.165, 1.54) is 28.6 Å². The first-order chi connectivity index (χ1) is 18.9. The van der Waals surface area contributed by atoms with Crippen molar-refractivity contribution in [1.29, 1.82) is 0 Å². The fourth-order valence-corrected chi connectivity index (χ4v) is 6.76. The molecule has 2 aromatic heterocycles. The van der Waals surface area contributed by atoms with Crippen molar-refractivity contribution in [3.63, 3.8) is 0 Å². The highest BCUT2D eigenvalue weighted by Gasteiger charge is 2.36. The minimum absolute atomic E-state index is 0.00819. The van der Waals surface area contributed by atoms with E-state index in [1.54, 1.807) is 38.1 Å². The highest BCUT2D eigenvalue weighted by atomic mass is 32.2. The van der Waals surface area contributed by atoms with Gasteiger partial charge in [0.15, 0.2) is 0 Å². The molecule has 0 radical (unpaired) electrons. The summed E-state index contributed by atoms with van der Waals surface area (Å²) in [6.45, 7) is 6.48. The number of pyridine rings is 1. The van der Waals surface area contributed by atoms with Gasteiger partial charge in [0.1, 0.15) is 15.5 Å². The molecule has 2 heterocycles. The zero-order valence-electron chi connectivity index (χ0n) is 22.1. The lowest BCUT2D eigenvalue weighted by Crippen LogP contribution is -2.30. The second kappa shape index (κ2) is 11.6. The molecule has 0 saturated heterocycles. The van der Waals surface area contributed by atoms with Crippen LogP contribution in [0.15, 0.2) is 59.5 Å². The van der Waals surface area contributed by atoms with Gasteiger partial charge in [-0.3, -0.25) is 4.79 Å². The Kier molecular flexibility index (Phi) is 8.52. The molecule has 0 atom stereocenters. The summed E-state index contributed by atoms with van der Waals surface area (Å²) in [4.78, 5) is 17.6. The number of carbonyl (C=O) groups is 1. The molecule has 0 aliphatic rings. The van der Waals surface area contributed by atoms with Gasteiger partial charge in [-0.1, -0.05) is 20.8 Å². The Morgan fingerprint density at radius 1 is 1.02 bits per heavy atom. The van der Waals surface area contributed by atoms with Crippen LogP contribution in [0.3, 0.4) is 0 Å². The molecule has 40 heavy (non-hydrogen) atoms. The number of alkyl halides is 3. The van der Waals surface area contributed by atoms with Crippen molar-refractivity contribution in [2.75, 3.05) is 25.4 Å². The maximum atomic E-state index is 14.2. The van der Waals surface area contributed by atoms with Gasteiger partial charge >= 0.3 is 6.18 Å². The number of anilines is 1. The van der Waals surface area contributed by atoms with E-state index in [-0.39, 0.29) is 50.0 Å². The number of thiophene rings is 1. The van der Waals surface area contributed by atoms with Crippen molar-refractivity contribution in [3.8, 4) is 17.0 Å². The number of nitrogen functional groups attached to an aromatic ring is 1. The highest BCUT2D eigenvalue weighted by Crippen LogP contribution is 2.44. The summed E-state index contributed by atoms with van der Waals surface area (Å²) in [5.74, 6) is -0.0359. The molecule has 0 bridgehead atoms. The van der Waals surface area contributed by atoms with Crippen LogP contribution in [0.2, 0.25) is 0 Å². The van der Waals surface area contributed by atoms with Gasteiger partial charge in [-0.15, -0.1) is 11.3 Å². The number of sulfonamides is 1. The van der Waals surface area contributed by atoms with E-state index in [0.717, 1.165) is 23.8 Å². The largest absolute Gasteiger partial charge is 0.494 e. The SMILES string of the molecule is CCCOc1ccc(-c2cc(C(F)(F)F)c3c(N)c(C(=O)c4ccc(S(=O)(=O)N(CC)CC)cc4)sc3n2)cc1. The van der Waals surface area contributed by atoms with Gasteiger partial charge in [-0.2, -0.15) is 17.5 Å². The van der Waals surface area contributed by atoms with Crippen molar-refractivity contribution in [1.82, 2.24) is 9.29 Å². The summed E-state index contributed by atoms with van der Waals surface area (Å²) >= 11 is 0.765. The number of hydrogen-bond acceptors (Lipinski definition) is 7. The summed E-state index contributed by atoms with van der Waals surface area (Å²) < 4.78 is 74.8. The van der Waals surface area contributed by atoms with E-state index in [9.17, 15) is 26.4 Å². The lowest BCUT2D eigenvalue weighted by Gasteiger charge is -2.18. The maximum absolute atomic E-state index is 14.2. The van der Waals surface area contributed by atoms with Crippen molar-refractivity contribution in [2.24, 2.45) is 0 Å². The molecule has 0 saturated carbocycles. The van der Waals surface area contributed by atoms with Crippen LogP contribution >= 0.6 is 11.3 Å². The minimum Gasteiger partial charge on any atom is -0.494 e. The molecular formula is C28H28F3N3O4S2. The third-order valence-corrected chi connectivity index (χ3v) is 9.46. The number of halogens is 3. The fraction of sp³-hybridized carbons (Fsp3) is 0.286. The quantitative estimate of drug-likeness (QED) is 0.208.